The lowest BCUT2D eigenvalue weighted by atomic mass is 10.2. The van der Waals surface area contributed by atoms with E-state index in [9.17, 15) is 0 Å². The van der Waals surface area contributed by atoms with Crippen molar-refractivity contribution in [2.45, 2.75) is 0 Å². The average molecular weight is 273 g/mol. The Labute approximate surface area is 113 Å². The van der Waals surface area contributed by atoms with Crippen LogP contribution in [-0.4, -0.2) is 24.5 Å². The molecule has 1 aliphatic heterocycles. The summed E-state index contributed by atoms with van der Waals surface area (Å²) >= 11 is 0. The van der Waals surface area contributed by atoms with Crippen LogP contribution in [0.2, 0.25) is 0 Å². The third-order valence-electron chi connectivity index (χ3n) is 2.00. The molecule has 0 saturated heterocycles. The van der Waals surface area contributed by atoms with Crippen molar-refractivity contribution >= 4 is 42.1 Å². The van der Waals surface area contributed by atoms with Gasteiger partial charge >= 0.3 is 0 Å². The minimum atomic E-state index is 0. The predicted molar refractivity (Wildman–Crippen MR) is 75.6 cm³/mol. The van der Waals surface area contributed by atoms with Gasteiger partial charge in [-0.05, 0) is 12.1 Å². The highest BCUT2D eigenvalue weighted by Gasteiger charge is 1.86. The van der Waals surface area contributed by atoms with Gasteiger partial charge in [0, 0.05) is 11.6 Å². The molecule has 1 aromatic heterocycles. The number of benzene rings is 1. The monoisotopic (exact) mass is 272 g/mol. The third-order valence-corrected chi connectivity index (χ3v) is 2.00. The minimum Gasteiger partial charge on any atom is -0.482 e. The molecule has 0 aliphatic carbocycles. The lowest BCUT2D eigenvalue weighted by Gasteiger charge is -1.91. The standard InChI is InChI=1S/C9H7N.C3H5NO.2ClH/c1-2-6-9-8(4-1)5-3-7-10-9;1-2-5-3-4-1;;/h1-7H;3H,1-2H2;2*1H. The Morgan fingerprint density at radius 2 is 1.76 bits per heavy atom. The van der Waals surface area contributed by atoms with E-state index in [1.54, 1.807) is 0 Å². The van der Waals surface area contributed by atoms with Crippen LogP contribution in [0.3, 0.4) is 0 Å². The molecule has 0 radical (unpaired) electrons. The predicted octanol–water partition coefficient (Wildman–Crippen LogP) is 3.12. The molecule has 3 nitrogen and oxygen atoms in total. The van der Waals surface area contributed by atoms with Crippen LogP contribution >= 0.6 is 24.8 Å². The minimum absolute atomic E-state index is 0. The van der Waals surface area contributed by atoms with Gasteiger partial charge in [-0.2, -0.15) is 0 Å². The first-order chi connectivity index (χ1) is 7.47. The first kappa shape index (κ1) is 15.7. The van der Waals surface area contributed by atoms with Crippen LogP contribution in [0.4, 0.5) is 0 Å². The second kappa shape index (κ2) is 8.79. The average Bonchev–Trinajstić information content (AvgIpc) is 2.88. The Morgan fingerprint density at radius 1 is 1.00 bits per heavy atom. The SMILES string of the molecule is C1=NCCO1.Cl.Cl.c1ccc2ncccc2c1. The van der Waals surface area contributed by atoms with E-state index < -0.39 is 0 Å². The zero-order valence-corrected chi connectivity index (χ0v) is 10.8. The number of fused-ring (bicyclic) bond motifs is 1. The number of ether oxygens (including phenoxy) is 1. The molecule has 0 saturated carbocycles. The summed E-state index contributed by atoms with van der Waals surface area (Å²) in [6.07, 6.45) is 3.29. The van der Waals surface area contributed by atoms with Gasteiger partial charge in [0.15, 0.2) is 6.40 Å². The lowest BCUT2D eigenvalue weighted by molar-refractivity contribution is 0.361. The van der Waals surface area contributed by atoms with Crippen molar-refractivity contribution in [1.82, 2.24) is 4.98 Å². The number of aliphatic imine (C=N–C) groups is 1. The molecule has 17 heavy (non-hydrogen) atoms. The highest BCUT2D eigenvalue weighted by Crippen LogP contribution is 2.07. The number of hydrogen-bond donors (Lipinski definition) is 0. The van der Waals surface area contributed by atoms with Gasteiger partial charge in [-0.15, -0.1) is 24.8 Å². The second-order valence-electron chi connectivity index (χ2n) is 3.08. The molecule has 5 heteroatoms. The highest BCUT2D eigenvalue weighted by molar-refractivity contribution is 5.85. The largest absolute Gasteiger partial charge is 0.482 e. The molecular formula is C12H14Cl2N2O. The fraction of sp³-hybridized carbons (Fsp3) is 0.167. The van der Waals surface area contributed by atoms with E-state index >= 15 is 0 Å². The second-order valence-corrected chi connectivity index (χ2v) is 3.08. The highest BCUT2D eigenvalue weighted by atomic mass is 35.5. The molecule has 2 aromatic rings. The summed E-state index contributed by atoms with van der Waals surface area (Å²) in [6.45, 7) is 1.62. The molecule has 1 aromatic carbocycles. The Hall–Kier alpha value is -1.32. The van der Waals surface area contributed by atoms with Crippen molar-refractivity contribution in [1.29, 1.82) is 0 Å². The van der Waals surface area contributed by atoms with Crippen molar-refractivity contribution in [2.75, 3.05) is 13.2 Å². The van der Waals surface area contributed by atoms with E-state index in [0.29, 0.717) is 0 Å². The van der Waals surface area contributed by atoms with Crippen LogP contribution in [0.25, 0.3) is 10.9 Å². The van der Waals surface area contributed by atoms with Crippen LogP contribution in [-0.2, 0) is 4.74 Å². The van der Waals surface area contributed by atoms with Gasteiger partial charge in [-0.1, -0.05) is 24.3 Å². The molecule has 0 atom stereocenters. The van der Waals surface area contributed by atoms with Crippen molar-refractivity contribution in [3.63, 3.8) is 0 Å². The van der Waals surface area contributed by atoms with E-state index in [1.807, 2.05) is 30.5 Å². The van der Waals surface area contributed by atoms with E-state index in [1.165, 1.54) is 11.8 Å². The van der Waals surface area contributed by atoms with E-state index in [-0.39, 0.29) is 24.8 Å². The van der Waals surface area contributed by atoms with E-state index in [2.05, 4.69) is 26.8 Å². The molecule has 0 N–H and O–H groups in total. The molecule has 3 rings (SSSR count). The van der Waals surface area contributed by atoms with Gasteiger partial charge < -0.3 is 4.74 Å². The quantitative estimate of drug-likeness (QED) is 0.739. The van der Waals surface area contributed by atoms with Gasteiger partial charge in [0.05, 0.1) is 12.1 Å². The smallest absolute Gasteiger partial charge is 0.169 e. The number of halogens is 2. The number of hydrogen-bond acceptors (Lipinski definition) is 3. The maximum atomic E-state index is 4.65. The van der Waals surface area contributed by atoms with Crippen LogP contribution in [0, 0.1) is 0 Å². The summed E-state index contributed by atoms with van der Waals surface area (Å²) in [5, 5.41) is 1.20. The molecule has 0 bridgehead atoms. The summed E-state index contributed by atoms with van der Waals surface area (Å²) in [5.74, 6) is 0. The maximum Gasteiger partial charge on any atom is 0.169 e. The normalized spacial score (nSPS) is 11.5. The Bertz CT molecular complexity index is 391. The number of para-hydroxylation sites is 1. The van der Waals surface area contributed by atoms with Crippen LogP contribution in [0.5, 0.6) is 0 Å². The van der Waals surface area contributed by atoms with E-state index in [0.717, 1.165) is 18.7 Å². The summed E-state index contributed by atoms with van der Waals surface area (Å²) in [7, 11) is 0. The first-order valence-corrected chi connectivity index (χ1v) is 4.86. The number of aromatic nitrogens is 1. The summed E-state index contributed by atoms with van der Waals surface area (Å²) in [5.41, 5.74) is 1.06. The zero-order chi connectivity index (χ0) is 10.3. The number of rotatable bonds is 0. The summed E-state index contributed by atoms with van der Waals surface area (Å²) in [4.78, 5) is 7.92. The first-order valence-electron chi connectivity index (χ1n) is 4.86. The molecular weight excluding hydrogens is 259 g/mol. The van der Waals surface area contributed by atoms with Crippen LogP contribution in [0.15, 0.2) is 47.6 Å². The molecule has 2 heterocycles. The zero-order valence-electron chi connectivity index (χ0n) is 9.15. The van der Waals surface area contributed by atoms with Gasteiger partial charge in [-0.3, -0.25) is 9.98 Å². The molecule has 92 valence electrons. The molecule has 0 amide bonds. The van der Waals surface area contributed by atoms with Gasteiger partial charge in [0.2, 0.25) is 0 Å². The van der Waals surface area contributed by atoms with Gasteiger partial charge in [0.25, 0.3) is 0 Å². The summed E-state index contributed by atoms with van der Waals surface area (Å²) < 4.78 is 4.65. The molecule has 0 unspecified atom stereocenters. The summed E-state index contributed by atoms with van der Waals surface area (Å²) in [6, 6.07) is 12.1. The van der Waals surface area contributed by atoms with Crippen LogP contribution < -0.4 is 0 Å². The van der Waals surface area contributed by atoms with Crippen LogP contribution in [0.1, 0.15) is 0 Å². The van der Waals surface area contributed by atoms with Crippen molar-refractivity contribution in [2.24, 2.45) is 4.99 Å². The molecule has 1 aliphatic rings. The third kappa shape index (κ3) is 5.02. The number of nitrogens with zero attached hydrogens (tertiary/aromatic N) is 2. The molecule has 0 spiro atoms. The van der Waals surface area contributed by atoms with Crippen molar-refractivity contribution in [3.05, 3.63) is 42.6 Å². The fourth-order valence-electron chi connectivity index (χ4n) is 1.28. The van der Waals surface area contributed by atoms with Crippen molar-refractivity contribution in [3.8, 4) is 0 Å². The fourth-order valence-corrected chi connectivity index (χ4v) is 1.28. The van der Waals surface area contributed by atoms with Gasteiger partial charge in [-0.25, -0.2) is 0 Å². The maximum absolute atomic E-state index is 4.65. The van der Waals surface area contributed by atoms with E-state index in [4.69, 9.17) is 0 Å². The molecule has 0 fully saturated rings. The lowest BCUT2D eigenvalue weighted by Crippen LogP contribution is -1.80. The Morgan fingerprint density at radius 3 is 2.35 bits per heavy atom. The Balaban J connectivity index is 0.000000318. The van der Waals surface area contributed by atoms with Crippen molar-refractivity contribution < 1.29 is 4.74 Å². The topological polar surface area (TPSA) is 34.5 Å². The van der Waals surface area contributed by atoms with Gasteiger partial charge in [0.1, 0.15) is 6.61 Å². The number of pyridine rings is 1. The Kier molecular flexibility index (Phi) is 8.11.